The Morgan fingerprint density at radius 3 is 2.90 bits per heavy atom. The van der Waals surface area contributed by atoms with Crippen LogP contribution in [0.5, 0.6) is 5.75 Å². The molecule has 0 bridgehead atoms. The fraction of sp³-hybridized carbons (Fsp3) is 0.133. The SMILES string of the molecule is CC(=O)Oc1ccc(Cn2cnc(F)c2)c2cccnc12. The van der Waals surface area contributed by atoms with Crippen molar-refractivity contribution in [1.29, 1.82) is 0 Å². The van der Waals surface area contributed by atoms with Crippen molar-refractivity contribution in [3.63, 3.8) is 0 Å². The first-order valence-electron chi connectivity index (χ1n) is 6.36. The molecule has 3 aromatic rings. The maximum Gasteiger partial charge on any atom is 0.308 e. The van der Waals surface area contributed by atoms with E-state index >= 15 is 0 Å². The molecule has 0 radical (unpaired) electrons. The normalized spacial score (nSPS) is 10.8. The topological polar surface area (TPSA) is 57.0 Å². The van der Waals surface area contributed by atoms with Crippen molar-refractivity contribution in [2.24, 2.45) is 0 Å². The summed E-state index contributed by atoms with van der Waals surface area (Å²) in [5, 5.41) is 0.852. The van der Waals surface area contributed by atoms with Crippen LogP contribution in [0.2, 0.25) is 0 Å². The average Bonchev–Trinajstić information content (AvgIpc) is 2.86. The molecular weight excluding hydrogens is 273 g/mol. The third kappa shape index (κ3) is 2.74. The molecule has 0 amide bonds. The van der Waals surface area contributed by atoms with Crippen molar-refractivity contribution in [3.05, 3.63) is 54.5 Å². The molecule has 0 fully saturated rings. The third-order valence-electron chi connectivity index (χ3n) is 3.03. The van der Waals surface area contributed by atoms with E-state index in [-0.39, 0.29) is 0 Å². The molecule has 1 aromatic carbocycles. The summed E-state index contributed by atoms with van der Waals surface area (Å²) in [7, 11) is 0. The van der Waals surface area contributed by atoms with Gasteiger partial charge in [-0.3, -0.25) is 9.78 Å². The van der Waals surface area contributed by atoms with Crippen LogP contribution >= 0.6 is 0 Å². The molecule has 3 rings (SSSR count). The van der Waals surface area contributed by atoms with Crippen LogP contribution in [-0.2, 0) is 11.3 Å². The Balaban J connectivity index is 2.06. The number of hydrogen-bond acceptors (Lipinski definition) is 4. The summed E-state index contributed by atoms with van der Waals surface area (Å²) < 4.78 is 19.7. The Morgan fingerprint density at radius 2 is 2.19 bits per heavy atom. The zero-order chi connectivity index (χ0) is 14.8. The van der Waals surface area contributed by atoms with Crippen LogP contribution in [0.1, 0.15) is 12.5 Å². The number of fused-ring (bicyclic) bond motifs is 1. The second kappa shape index (κ2) is 5.32. The van der Waals surface area contributed by atoms with Crippen molar-refractivity contribution in [3.8, 4) is 5.75 Å². The Bertz CT molecular complexity index is 814. The number of rotatable bonds is 3. The standard InChI is InChI=1S/C15H12FN3O2/c1-10(20)21-13-5-4-11(7-19-8-14(16)18-9-19)12-3-2-6-17-15(12)13/h2-6,8-9H,7H2,1H3. The molecule has 0 unspecified atom stereocenters. The van der Waals surface area contributed by atoms with Crippen LogP contribution < -0.4 is 4.74 Å². The third-order valence-corrected chi connectivity index (χ3v) is 3.03. The zero-order valence-electron chi connectivity index (χ0n) is 11.3. The van der Waals surface area contributed by atoms with Gasteiger partial charge in [-0.25, -0.2) is 4.98 Å². The Hall–Kier alpha value is -2.76. The second-order valence-corrected chi connectivity index (χ2v) is 4.58. The molecule has 21 heavy (non-hydrogen) atoms. The Morgan fingerprint density at radius 1 is 1.33 bits per heavy atom. The summed E-state index contributed by atoms with van der Waals surface area (Å²) in [6.45, 7) is 1.80. The van der Waals surface area contributed by atoms with Crippen molar-refractivity contribution < 1.29 is 13.9 Å². The number of benzene rings is 1. The summed E-state index contributed by atoms with van der Waals surface area (Å²) in [5.41, 5.74) is 1.54. The lowest BCUT2D eigenvalue weighted by Crippen LogP contribution is -2.04. The van der Waals surface area contributed by atoms with Gasteiger partial charge in [-0.05, 0) is 17.7 Å². The van der Waals surface area contributed by atoms with Crippen LogP contribution in [0.3, 0.4) is 0 Å². The molecule has 6 heteroatoms. The van der Waals surface area contributed by atoms with E-state index in [0.29, 0.717) is 17.8 Å². The van der Waals surface area contributed by atoms with Gasteiger partial charge >= 0.3 is 5.97 Å². The highest BCUT2D eigenvalue weighted by atomic mass is 19.1. The van der Waals surface area contributed by atoms with Gasteiger partial charge in [-0.2, -0.15) is 4.39 Å². The summed E-state index contributed by atoms with van der Waals surface area (Å²) in [6.07, 6.45) is 4.38. The van der Waals surface area contributed by atoms with Crippen LogP contribution in [0.25, 0.3) is 10.9 Å². The quantitative estimate of drug-likeness (QED) is 0.548. The van der Waals surface area contributed by atoms with Crippen molar-refractivity contribution in [2.45, 2.75) is 13.5 Å². The van der Waals surface area contributed by atoms with Gasteiger partial charge in [0.1, 0.15) is 5.52 Å². The number of esters is 1. The second-order valence-electron chi connectivity index (χ2n) is 4.58. The number of hydrogen-bond donors (Lipinski definition) is 0. The van der Waals surface area contributed by atoms with Gasteiger partial charge in [0.15, 0.2) is 5.75 Å². The molecule has 0 aliphatic carbocycles. The van der Waals surface area contributed by atoms with Crippen molar-refractivity contribution >= 4 is 16.9 Å². The highest BCUT2D eigenvalue weighted by Crippen LogP contribution is 2.27. The van der Waals surface area contributed by atoms with Crippen LogP contribution in [0.4, 0.5) is 4.39 Å². The van der Waals surface area contributed by atoms with Gasteiger partial charge in [0.05, 0.1) is 12.5 Å². The summed E-state index contributed by atoms with van der Waals surface area (Å²) in [5.74, 6) is -0.501. The van der Waals surface area contributed by atoms with E-state index in [4.69, 9.17) is 4.74 Å². The number of nitrogens with zero attached hydrogens (tertiary/aromatic N) is 3. The minimum atomic E-state index is -0.519. The molecule has 2 heterocycles. The van der Waals surface area contributed by atoms with Gasteiger partial charge in [0.2, 0.25) is 5.95 Å². The molecule has 0 saturated carbocycles. The number of halogens is 1. The van der Waals surface area contributed by atoms with E-state index in [1.54, 1.807) is 22.9 Å². The van der Waals surface area contributed by atoms with Gasteiger partial charge in [-0.15, -0.1) is 0 Å². The highest BCUT2D eigenvalue weighted by Gasteiger charge is 2.10. The molecule has 0 N–H and O–H groups in total. The van der Waals surface area contributed by atoms with E-state index in [1.165, 1.54) is 19.4 Å². The highest BCUT2D eigenvalue weighted by molar-refractivity contribution is 5.89. The summed E-state index contributed by atoms with van der Waals surface area (Å²) in [4.78, 5) is 19.0. The molecule has 0 atom stereocenters. The number of pyridine rings is 1. The van der Waals surface area contributed by atoms with E-state index in [1.807, 2.05) is 12.1 Å². The average molecular weight is 285 g/mol. The molecule has 0 spiro atoms. The monoisotopic (exact) mass is 285 g/mol. The minimum absolute atomic E-state index is 0.397. The van der Waals surface area contributed by atoms with Crippen LogP contribution in [0.15, 0.2) is 43.0 Å². The van der Waals surface area contributed by atoms with Crippen molar-refractivity contribution in [1.82, 2.24) is 14.5 Å². The summed E-state index contributed by atoms with van der Waals surface area (Å²) in [6, 6.07) is 7.22. The first-order chi connectivity index (χ1) is 10.1. The molecule has 106 valence electrons. The fourth-order valence-corrected chi connectivity index (χ4v) is 2.20. The van der Waals surface area contributed by atoms with E-state index in [0.717, 1.165) is 10.9 Å². The Labute approximate surface area is 120 Å². The largest absolute Gasteiger partial charge is 0.424 e. The van der Waals surface area contributed by atoms with Gasteiger partial charge < -0.3 is 9.30 Å². The minimum Gasteiger partial charge on any atom is -0.424 e. The molecule has 0 aliphatic heterocycles. The number of ether oxygens (including phenoxy) is 1. The smallest absolute Gasteiger partial charge is 0.308 e. The maximum atomic E-state index is 12.9. The molecular formula is C15H12FN3O2. The van der Waals surface area contributed by atoms with Crippen LogP contribution in [0, 0.1) is 5.95 Å². The Kier molecular flexibility index (Phi) is 3.35. The molecule has 2 aromatic heterocycles. The van der Waals surface area contributed by atoms with Gasteiger partial charge in [-0.1, -0.05) is 12.1 Å². The number of carbonyl (C=O) groups is 1. The van der Waals surface area contributed by atoms with Crippen molar-refractivity contribution in [2.75, 3.05) is 0 Å². The lowest BCUT2D eigenvalue weighted by atomic mass is 10.1. The number of carbonyl (C=O) groups excluding carboxylic acids is 1. The fourth-order valence-electron chi connectivity index (χ4n) is 2.20. The van der Waals surface area contributed by atoms with E-state index in [9.17, 15) is 9.18 Å². The summed E-state index contributed by atoms with van der Waals surface area (Å²) >= 11 is 0. The van der Waals surface area contributed by atoms with Gasteiger partial charge in [0, 0.05) is 25.1 Å². The van der Waals surface area contributed by atoms with Gasteiger partial charge in [0.25, 0.3) is 0 Å². The number of imidazole rings is 1. The predicted molar refractivity (Wildman–Crippen MR) is 74.3 cm³/mol. The van der Waals surface area contributed by atoms with Crippen LogP contribution in [-0.4, -0.2) is 20.5 Å². The molecule has 0 aliphatic rings. The molecule has 0 saturated heterocycles. The first-order valence-corrected chi connectivity index (χ1v) is 6.36. The maximum absolute atomic E-state index is 12.9. The predicted octanol–water partition coefficient (Wildman–Crippen LogP) is 2.54. The van der Waals surface area contributed by atoms with E-state index < -0.39 is 11.9 Å². The first kappa shape index (κ1) is 13.2. The lowest BCUT2D eigenvalue weighted by molar-refractivity contribution is -0.131. The van der Waals surface area contributed by atoms with E-state index in [2.05, 4.69) is 9.97 Å². The number of aromatic nitrogens is 3. The molecule has 5 nitrogen and oxygen atoms in total. The lowest BCUT2D eigenvalue weighted by Gasteiger charge is -2.10. The zero-order valence-corrected chi connectivity index (χ0v) is 11.3.